The Hall–Kier alpha value is -5.14. The molecule has 0 aliphatic rings. The summed E-state index contributed by atoms with van der Waals surface area (Å²) < 4.78 is 11.4. The molecular formula is C30H28N4O3. The fourth-order valence-electron chi connectivity index (χ4n) is 3.58. The van der Waals surface area contributed by atoms with Gasteiger partial charge in [-0.15, -0.1) is 0 Å². The van der Waals surface area contributed by atoms with E-state index in [1.54, 1.807) is 48.7 Å². The molecule has 0 atom stereocenters. The number of methoxy groups -OCH3 is 1. The first-order valence-corrected chi connectivity index (χ1v) is 11.7. The van der Waals surface area contributed by atoms with Gasteiger partial charge in [0.1, 0.15) is 5.56 Å². The third-order valence-corrected chi connectivity index (χ3v) is 5.39. The molecule has 37 heavy (non-hydrogen) atoms. The van der Waals surface area contributed by atoms with Crippen molar-refractivity contribution in [2.24, 2.45) is 0 Å². The van der Waals surface area contributed by atoms with E-state index in [0.717, 1.165) is 11.1 Å². The summed E-state index contributed by atoms with van der Waals surface area (Å²) in [6.07, 6.45) is 1.63. The van der Waals surface area contributed by atoms with Crippen molar-refractivity contribution in [2.75, 3.05) is 12.4 Å². The molecule has 4 aromatic rings. The molecule has 0 spiro atoms. The van der Waals surface area contributed by atoms with Gasteiger partial charge < -0.3 is 14.8 Å². The van der Waals surface area contributed by atoms with Gasteiger partial charge in [0.05, 0.1) is 30.4 Å². The molecule has 0 bridgehead atoms. The van der Waals surface area contributed by atoms with Crippen LogP contribution < -0.4 is 14.8 Å². The van der Waals surface area contributed by atoms with Crippen LogP contribution in [0.2, 0.25) is 0 Å². The summed E-state index contributed by atoms with van der Waals surface area (Å²) in [6, 6.07) is 25.0. The number of amides is 1. The maximum atomic E-state index is 13.4. The number of rotatable bonds is 6. The van der Waals surface area contributed by atoms with Gasteiger partial charge in [-0.2, -0.15) is 10.5 Å². The predicted octanol–water partition coefficient (Wildman–Crippen LogP) is 7.13. The molecular weight excluding hydrogens is 464 g/mol. The average Bonchev–Trinajstić information content (AvgIpc) is 2.95. The number of aromatic nitrogens is 1. The van der Waals surface area contributed by atoms with E-state index in [1.165, 1.54) is 7.11 Å². The van der Waals surface area contributed by atoms with Crippen molar-refractivity contribution in [3.05, 3.63) is 101 Å². The monoisotopic (exact) mass is 492 g/mol. The van der Waals surface area contributed by atoms with E-state index < -0.39 is 0 Å². The Morgan fingerprint density at radius 2 is 1.57 bits per heavy atom. The third kappa shape index (κ3) is 6.11. The van der Waals surface area contributed by atoms with Gasteiger partial charge in [-0.25, -0.2) is 4.98 Å². The molecule has 0 saturated heterocycles. The highest BCUT2D eigenvalue weighted by Crippen LogP contribution is 2.36. The molecule has 0 saturated carbocycles. The Morgan fingerprint density at radius 3 is 2.19 bits per heavy atom. The van der Waals surface area contributed by atoms with Crippen LogP contribution >= 0.6 is 0 Å². The van der Waals surface area contributed by atoms with Crippen LogP contribution in [0.4, 0.5) is 5.69 Å². The number of pyridine rings is 1. The Kier molecular flexibility index (Phi) is 8.96. The normalized spacial score (nSPS) is 9.68. The second-order valence-corrected chi connectivity index (χ2v) is 7.57. The zero-order chi connectivity index (χ0) is 26.8. The lowest BCUT2D eigenvalue weighted by Crippen LogP contribution is -2.16. The maximum Gasteiger partial charge on any atom is 0.261 e. The first-order valence-electron chi connectivity index (χ1n) is 11.7. The van der Waals surface area contributed by atoms with Crippen molar-refractivity contribution in [2.45, 2.75) is 20.8 Å². The van der Waals surface area contributed by atoms with Gasteiger partial charge in [-0.3, -0.25) is 4.79 Å². The van der Waals surface area contributed by atoms with E-state index >= 15 is 0 Å². The molecule has 0 aliphatic carbocycles. The minimum Gasteiger partial charge on any atom is -0.493 e. The van der Waals surface area contributed by atoms with Crippen molar-refractivity contribution >= 4 is 11.6 Å². The molecule has 1 amide bonds. The highest BCUT2D eigenvalue weighted by molar-refractivity contribution is 6.08. The summed E-state index contributed by atoms with van der Waals surface area (Å²) in [5, 5.41) is 21.2. The van der Waals surface area contributed by atoms with Crippen LogP contribution in [-0.2, 0) is 0 Å². The van der Waals surface area contributed by atoms with Gasteiger partial charge in [0.15, 0.2) is 11.5 Å². The quantitative estimate of drug-likeness (QED) is 0.307. The first kappa shape index (κ1) is 26.5. The van der Waals surface area contributed by atoms with Gasteiger partial charge in [0.2, 0.25) is 5.88 Å². The van der Waals surface area contributed by atoms with Crippen molar-refractivity contribution in [3.63, 3.8) is 0 Å². The highest BCUT2D eigenvalue weighted by atomic mass is 16.5. The fraction of sp³-hybridized carbons (Fsp3) is 0.133. The lowest BCUT2D eigenvalue weighted by Gasteiger charge is -2.17. The molecule has 1 N–H and O–H groups in total. The van der Waals surface area contributed by atoms with Crippen LogP contribution in [0.3, 0.4) is 0 Å². The van der Waals surface area contributed by atoms with Crippen LogP contribution in [0, 0.1) is 29.6 Å². The smallest absolute Gasteiger partial charge is 0.261 e. The number of nitrogens with one attached hydrogen (secondary N) is 1. The Bertz CT molecular complexity index is 1470. The van der Waals surface area contributed by atoms with Crippen molar-refractivity contribution < 1.29 is 15.7 Å². The molecule has 7 heteroatoms. The zero-order valence-electron chi connectivity index (χ0n) is 21.1. The number of nitrogens with zero attached hydrogens (tertiary/aromatic N) is 3. The summed E-state index contributed by atoms with van der Waals surface area (Å²) in [6.45, 7) is 5.82. The van der Waals surface area contributed by atoms with Gasteiger partial charge in [-0.05, 0) is 54.4 Å². The SMILES string of the molecule is CC.COc1cc(C#N)ccc1Oc1ncc(-c2ccc(C#N)cc2)c(C)c1C(=O)Nc1ccccc1.[HH]. The number of hydrogen-bond acceptors (Lipinski definition) is 6. The van der Waals surface area contributed by atoms with Crippen LogP contribution in [0.5, 0.6) is 17.4 Å². The highest BCUT2D eigenvalue weighted by Gasteiger charge is 2.22. The van der Waals surface area contributed by atoms with Gasteiger partial charge in [0.25, 0.3) is 5.91 Å². The fourth-order valence-corrected chi connectivity index (χ4v) is 3.58. The minimum absolute atomic E-state index is 0. The van der Waals surface area contributed by atoms with Gasteiger partial charge in [-0.1, -0.05) is 44.2 Å². The molecule has 0 radical (unpaired) electrons. The molecule has 1 heterocycles. The Labute approximate surface area is 218 Å². The second-order valence-electron chi connectivity index (χ2n) is 7.57. The molecule has 7 nitrogen and oxygen atoms in total. The second kappa shape index (κ2) is 12.5. The molecule has 4 rings (SSSR count). The van der Waals surface area contributed by atoms with E-state index in [0.29, 0.717) is 33.9 Å². The van der Waals surface area contributed by atoms with Gasteiger partial charge in [0, 0.05) is 24.9 Å². The summed E-state index contributed by atoms with van der Waals surface area (Å²) in [5.74, 6) is 0.364. The topological polar surface area (TPSA) is 108 Å². The molecule has 186 valence electrons. The number of ether oxygens (including phenoxy) is 2. The Morgan fingerprint density at radius 1 is 0.919 bits per heavy atom. The van der Waals surface area contributed by atoms with Crippen molar-refractivity contribution in [3.8, 4) is 40.6 Å². The first-order chi connectivity index (χ1) is 18.0. The maximum absolute atomic E-state index is 13.4. The number of anilines is 1. The lowest BCUT2D eigenvalue weighted by molar-refractivity contribution is 0.102. The van der Waals surface area contributed by atoms with E-state index in [1.807, 2.05) is 51.1 Å². The minimum atomic E-state index is -0.390. The molecule has 0 unspecified atom stereocenters. The number of para-hydroxylation sites is 1. The average molecular weight is 493 g/mol. The number of carbonyl (C=O) groups excluding carboxylic acids is 1. The lowest BCUT2D eigenvalue weighted by atomic mass is 9.97. The van der Waals surface area contributed by atoms with Crippen LogP contribution in [0.15, 0.2) is 79.0 Å². The summed E-state index contributed by atoms with van der Waals surface area (Å²) in [5.41, 5.74) is 4.02. The van der Waals surface area contributed by atoms with E-state index in [-0.39, 0.29) is 18.8 Å². The van der Waals surface area contributed by atoms with E-state index in [4.69, 9.17) is 14.7 Å². The molecule has 3 aromatic carbocycles. The largest absolute Gasteiger partial charge is 0.493 e. The molecule has 0 fully saturated rings. The number of hydrogen-bond donors (Lipinski definition) is 1. The van der Waals surface area contributed by atoms with E-state index in [9.17, 15) is 10.1 Å². The van der Waals surface area contributed by atoms with Crippen molar-refractivity contribution in [1.29, 1.82) is 10.5 Å². The zero-order valence-corrected chi connectivity index (χ0v) is 21.1. The number of carbonyl (C=O) groups is 1. The summed E-state index contributed by atoms with van der Waals surface area (Å²) >= 11 is 0. The molecule has 0 aliphatic heterocycles. The summed E-state index contributed by atoms with van der Waals surface area (Å²) in [4.78, 5) is 17.9. The van der Waals surface area contributed by atoms with Crippen LogP contribution in [-0.4, -0.2) is 18.0 Å². The van der Waals surface area contributed by atoms with Gasteiger partial charge >= 0.3 is 0 Å². The van der Waals surface area contributed by atoms with Crippen LogP contribution in [0.25, 0.3) is 11.1 Å². The summed E-state index contributed by atoms with van der Waals surface area (Å²) in [7, 11) is 1.47. The van der Waals surface area contributed by atoms with Crippen molar-refractivity contribution in [1.82, 2.24) is 4.98 Å². The van der Waals surface area contributed by atoms with Crippen LogP contribution in [0.1, 0.15) is 42.3 Å². The third-order valence-electron chi connectivity index (χ3n) is 5.39. The standard InChI is InChI=1S/C28H20N4O3.C2H6.H2/c1-18-23(21-11-8-19(15-29)9-12-21)17-31-28(26(18)27(33)32-22-6-4-3-5-7-22)35-24-13-10-20(16-30)14-25(24)34-2;1-2;/h3-14,17H,1-2H3,(H,32,33);1-2H3;1H. The number of nitriles is 2. The predicted molar refractivity (Wildman–Crippen MR) is 145 cm³/mol. The van der Waals surface area contributed by atoms with E-state index in [2.05, 4.69) is 22.4 Å². The molecule has 1 aromatic heterocycles. The number of benzene rings is 3. The Balaban J connectivity index is 0.00000165.